The summed E-state index contributed by atoms with van der Waals surface area (Å²) >= 11 is 0. The fourth-order valence-corrected chi connectivity index (χ4v) is 4.16. The number of carbonyl (C=O) groups is 1. The van der Waals surface area contributed by atoms with E-state index < -0.39 is 0 Å². The fourth-order valence-electron chi connectivity index (χ4n) is 4.16. The number of rotatable bonds is 11. The maximum absolute atomic E-state index is 13.3. The number of para-hydroxylation sites is 2. The van der Waals surface area contributed by atoms with Crippen molar-refractivity contribution in [2.75, 3.05) is 51.8 Å². The van der Waals surface area contributed by atoms with Gasteiger partial charge in [-0.2, -0.15) is 0 Å². The van der Waals surface area contributed by atoms with E-state index in [1.54, 1.807) is 7.11 Å². The third-order valence-corrected chi connectivity index (χ3v) is 6.19. The molecule has 36 heavy (non-hydrogen) atoms. The van der Waals surface area contributed by atoms with Crippen LogP contribution >= 0.6 is 0 Å². The van der Waals surface area contributed by atoms with Crippen LogP contribution in [0.25, 0.3) is 0 Å². The summed E-state index contributed by atoms with van der Waals surface area (Å²) in [6.07, 6.45) is 0.887. The highest BCUT2D eigenvalue weighted by molar-refractivity contribution is 5.91. The summed E-state index contributed by atoms with van der Waals surface area (Å²) in [6, 6.07) is 25.4. The topological polar surface area (TPSA) is 63.3 Å². The molecule has 190 valence electrons. The zero-order valence-electron chi connectivity index (χ0n) is 20.9. The molecule has 4 rings (SSSR count). The molecule has 1 aliphatic rings. The number of anilines is 1. The highest BCUT2D eigenvalue weighted by Crippen LogP contribution is 2.24. The summed E-state index contributed by atoms with van der Waals surface area (Å²) < 4.78 is 16.8. The first-order chi connectivity index (χ1) is 17.7. The number of amides is 2. The van der Waals surface area contributed by atoms with E-state index in [2.05, 4.69) is 10.2 Å². The summed E-state index contributed by atoms with van der Waals surface area (Å²) in [4.78, 5) is 17.5. The Labute approximate surface area is 213 Å². The predicted octanol–water partition coefficient (Wildman–Crippen LogP) is 5.03. The Morgan fingerprint density at radius 3 is 2.42 bits per heavy atom. The smallest absolute Gasteiger partial charge is 0.322 e. The van der Waals surface area contributed by atoms with Gasteiger partial charge in [-0.1, -0.05) is 54.6 Å². The molecule has 0 aromatic heterocycles. The molecule has 1 aliphatic heterocycles. The van der Waals surface area contributed by atoms with Crippen LogP contribution < -0.4 is 14.8 Å². The minimum Gasteiger partial charge on any atom is -0.495 e. The molecule has 7 heteroatoms. The van der Waals surface area contributed by atoms with Gasteiger partial charge in [0.2, 0.25) is 0 Å². The monoisotopic (exact) mass is 489 g/mol. The van der Waals surface area contributed by atoms with Gasteiger partial charge < -0.3 is 24.4 Å². The van der Waals surface area contributed by atoms with Crippen LogP contribution in [0.5, 0.6) is 11.5 Å². The average Bonchev–Trinajstić information content (AvgIpc) is 2.93. The Morgan fingerprint density at radius 1 is 0.944 bits per heavy atom. The van der Waals surface area contributed by atoms with E-state index in [1.807, 2.05) is 83.8 Å². The number of nitrogens with zero attached hydrogens (tertiary/aromatic N) is 2. The average molecular weight is 490 g/mol. The van der Waals surface area contributed by atoms with Crippen molar-refractivity contribution in [2.45, 2.75) is 19.6 Å². The van der Waals surface area contributed by atoms with Gasteiger partial charge in [0, 0.05) is 32.7 Å². The van der Waals surface area contributed by atoms with Crippen LogP contribution in [0.2, 0.25) is 0 Å². The zero-order chi connectivity index (χ0) is 25.0. The van der Waals surface area contributed by atoms with Gasteiger partial charge in [0.05, 0.1) is 26.0 Å². The molecule has 1 saturated heterocycles. The molecule has 0 spiro atoms. The lowest BCUT2D eigenvalue weighted by Gasteiger charge is -2.28. The van der Waals surface area contributed by atoms with Crippen molar-refractivity contribution in [2.24, 2.45) is 0 Å². The Morgan fingerprint density at radius 2 is 1.67 bits per heavy atom. The van der Waals surface area contributed by atoms with Gasteiger partial charge in [-0.25, -0.2) is 4.79 Å². The number of hydrogen-bond acceptors (Lipinski definition) is 5. The number of hydrogen-bond donors (Lipinski definition) is 1. The molecule has 0 saturated carbocycles. The molecule has 0 atom stereocenters. The molecule has 0 bridgehead atoms. The second-order valence-corrected chi connectivity index (χ2v) is 8.78. The Hall–Kier alpha value is -3.55. The van der Waals surface area contributed by atoms with Crippen LogP contribution in [0.1, 0.15) is 17.5 Å². The van der Waals surface area contributed by atoms with Crippen molar-refractivity contribution in [1.29, 1.82) is 0 Å². The van der Waals surface area contributed by atoms with Crippen molar-refractivity contribution < 1.29 is 19.0 Å². The molecule has 1 heterocycles. The van der Waals surface area contributed by atoms with Crippen molar-refractivity contribution in [3.63, 3.8) is 0 Å². The summed E-state index contributed by atoms with van der Waals surface area (Å²) in [5.41, 5.74) is 2.83. The van der Waals surface area contributed by atoms with Crippen LogP contribution in [0.4, 0.5) is 10.5 Å². The maximum atomic E-state index is 13.3. The van der Waals surface area contributed by atoms with Crippen LogP contribution in [0.3, 0.4) is 0 Å². The highest BCUT2D eigenvalue weighted by atomic mass is 16.5. The first kappa shape index (κ1) is 25.5. The summed E-state index contributed by atoms with van der Waals surface area (Å²) in [7, 11) is 1.60. The van der Waals surface area contributed by atoms with Crippen LogP contribution in [0, 0.1) is 0 Å². The first-order valence-corrected chi connectivity index (χ1v) is 12.5. The number of ether oxygens (including phenoxy) is 3. The Kier molecular flexibility index (Phi) is 9.59. The van der Waals surface area contributed by atoms with E-state index in [9.17, 15) is 4.79 Å². The number of methoxy groups -OCH3 is 1. The summed E-state index contributed by atoms with van der Waals surface area (Å²) in [5.74, 6) is 1.44. The molecule has 3 aromatic carbocycles. The van der Waals surface area contributed by atoms with E-state index in [4.69, 9.17) is 14.2 Å². The first-order valence-electron chi connectivity index (χ1n) is 12.5. The standard InChI is InChI=1S/C29H35N3O4/c1-34-28-11-6-5-10-27(28)30-29(33)32(17-7-16-31-18-20-35-21-19-31)22-24-12-14-26(15-13-24)36-23-25-8-3-2-4-9-25/h2-6,8-15H,7,16-23H2,1H3,(H,30,33). The number of nitrogens with one attached hydrogen (secondary N) is 1. The molecular formula is C29H35N3O4. The molecule has 1 fully saturated rings. The van der Waals surface area contributed by atoms with E-state index in [-0.39, 0.29) is 6.03 Å². The van der Waals surface area contributed by atoms with Crippen LogP contribution in [-0.4, -0.2) is 62.3 Å². The second-order valence-electron chi connectivity index (χ2n) is 8.78. The van der Waals surface area contributed by atoms with Gasteiger partial charge >= 0.3 is 6.03 Å². The van der Waals surface area contributed by atoms with Crippen LogP contribution in [0.15, 0.2) is 78.9 Å². The number of morpholine rings is 1. The van der Waals surface area contributed by atoms with Gasteiger partial charge in [0.1, 0.15) is 18.1 Å². The number of urea groups is 1. The lowest BCUT2D eigenvalue weighted by atomic mass is 10.2. The minimum atomic E-state index is -0.147. The minimum absolute atomic E-state index is 0.147. The number of benzene rings is 3. The van der Waals surface area contributed by atoms with E-state index in [0.29, 0.717) is 31.1 Å². The van der Waals surface area contributed by atoms with Crippen molar-refractivity contribution >= 4 is 11.7 Å². The highest BCUT2D eigenvalue weighted by Gasteiger charge is 2.17. The summed E-state index contributed by atoms with van der Waals surface area (Å²) in [5, 5.41) is 3.02. The SMILES string of the molecule is COc1ccccc1NC(=O)N(CCCN1CCOCC1)Cc1ccc(OCc2ccccc2)cc1. The maximum Gasteiger partial charge on any atom is 0.322 e. The molecule has 7 nitrogen and oxygen atoms in total. The largest absolute Gasteiger partial charge is 0.495 e. The zero-order valence-corrected chi connectivity index (χ0v) is 20.9. The molecule has 0 radical (unpaired) electrons. The van der Waals surface area contributed by atoms with Gasteiger partial charge in [-0.15, -0.1) is 0 Å². The predicted molar refractivity (Wildman–Crippen MR) is 142 cm³/mol. The molecule has 0 aliphatic carbocycles. The van der Waals surface area contributed by atoms with Crippen molar-refractivity contribution in [3.05, 3.63) is 90.0 Å². The lowest BCUT2D eigenvalue weighted by molar-refractivity contribution is 0.0365. The molecular weight excluding hydrogens is 454 g/mol. The molecule has 2 amide bonds. The van der Waals surface area contributed by atoms with Crippen molar-refractivity contribution in [1.82, 2.24) is 9.80 Å². The quantitative estimate of drug-likeness (QED) is 0.409. The Bertz CT molecular complexity index is 1070. The van der Waals surface area contributed by atoms with Crippen molar-refractivity contribution in [3.8, 4) is 11.5 Å². The van der Waals surface area contributed by atoms with Gasteiger partial charge in [0.25, 0.3) is 0 Å². The van der Waals surface area contributed by atoms with Gasteiger partial charge in [-0.3, -0.25) is 4.90 Å². The Balaban J connectivity index is 1.38. The van der Waals surface area contributed by atoms with E-state index >= 15 is 0 Å². The molecule has 1 N–H and O–H groups in total. The van der Waals surface area contributed by atoms with Gasteiger partial charge in [0.15, 0.2) is 0 Å². The number of carbonyl (C=O) groups excluding carboxylic acids is 1. The lowest BCUT2D eigenvalue weighted by Crippen LogP contribution is -2.40. The van der Waals surface area contributed by atoms with E-state index in [1.165, 1.54) is 0 Å². The second kappa shape index (κ2) is 13.5. The molecule has 0 unspecified atom stereocenters. The van der Waals surface area contributed by atoms with E-state index in [0.717, 1.165) is 56.1 Å². The third kappa shape index (κ3) is 7.73. The van der Waals surface area contributed by atoms with Crippen LogP contribution in [-0.2, 0) is 17.9 Å². The normalized spacial score (nSPS) is 13.7. The fraction of sp³-hybridized carbons (Fsp3) is 0.345. The van der Waals surface area contributed by atoms with Gasteiger partial charge in [-0.05, 0) is 41.8 Å². The third-order valence-electron chi connectivity index (χ3n) is 6.19. The molecule has 3 aromatic rings. The summed E-state index contributed by atoms with van der Waals surface area (Å²) in [6.45, 7) is 6.04.